The van der Waals surface area contributed by atoms with Crippen LogP contribution in [0.2, 0.25) is 0 Å². The quantitative estimate of drug-likeness (QED) is 0.839. The molecule has 1 aliphatic carbocycles. The highest BCUT2D eigenvalue weighted by atomic mass is 35.5. The Morgan fingerprint density at radius 3 is 2.73 bits per heavy atom. The molecule has 0 heterocycles. The van der Waals surface area contributed by atoms with E-state index in [-0.39, 0.29) is 30.9 Å². The number of carbonyl (C=O) groups excluding carboxylic acids is 1. The predicted molar refractivity (Wildman–Crippen MR) is 85.0 cm³/mol. The molecule has 1 aliphatic rings. The molecule has 0 aliphatic heterocycles. The standard InChI is InChI=1S/C15H21FN2O3.ClH/c1-20-9-13(17)15(19)18-10-6-7-14(12(16)8-10)21-11-4-2-3-5-11;/h6-8,11,13H,2-5,9,17H2,1H3,(H,18,19);1H. The van der Waals surface area contributed by atoms with Crippen molar-refractivity contribution in [3.05, 3.63) is 24.0 Å². The molecule has 1 aromatic rings. The maximum Gasteiger partial charge on any atom is 0.243 e. The van der Waals surface area contributed by atoms with Crippen molar-refractivity contribution >= 4 is 24.0 Å². The van der Waals surface area contributed by atoms with E-state index in [1.807, 2.05) is 0 Å². The minimum absolute atomic E-state index is 0. The van der Waals surface area contributed by atoms with Crippen molar-refractivity contribution in [2.45, 2.75) is 37.8 Å². The van der Waals surface area contributed by atoms with Gasteiger partial charge in [0.25, 0.3) is 0 Å². The van der Waals surface area contributed by atoms with Gasteiger partial charge in [0.2, 0.25) is 5.91 Å². The molecule has 1 fully saturated rings. The number of hydrogen-bond donors (Lipinski definition) is 2. The molecule has 0 aromatic heterocycles. The SMILES string of the molecule is COCC(N)C(=O)Nc1ccc(OC2CCCC2)c(F)c1.Cl. The first-order chi connectivity index (χ1) is 10.1. The minimum Gasteiger partial charge on any atom is -0.487 e. The summed E-state index contributed by atoms with van der Waals surface area (Å²) in [4.78, 5) is 11.7. The lowest BCUT2D eigenvalue weighted by molar-refractivity contribution is -0.118. The number of halogens is 2. The fourth-order valence-electron chi connectivity index (χ4n) is 2.35. The molecule has 3 N–H and O–H groups in total. The number of anilines is 1. The van der Waals surface area contributed by atoms with Crippen molar-refractivity contribution in [1.29, 1.82) is 0 Å². The van der Waals surface area contributed by atoms with Crippen LogP contribution in [0.25, 0.3) is 0 Å². The summed E-state index contributed by atoms with van der Waals surface area (Å²) in [6.07, 6.45) is 4.26. The number of amides is 1. The van der Waals surface area contributed by atoms with Crippen LogP contribution >= 0.6 is 12.4 Å². The van der Waals surface area contributed by atoms with Crippen LogP contribution in [0, 0.1) is 5.82 Å². The van der Waals surface area contributed by atoms with E-state index in [9.17, 15) is 9.18 Å². The molecule has 124 valence electrons. The maximum atomic E-state index is 14.0. The fourth-order valence-corrected chi connectivity index (χ4v) is 2.35. The molecular formula is C15H22ClFN2O3. The minimum atomic E-state index is -0.785. The average Bonchev–Trinajstić information content (AvgIpc) is 2.95. The zero-order chi connectivity index (χ0) is 15.2. The first kappa shape index (κ1) is 18.7. The number of carbonyl (C=O) groups is 1. The van der Waals surface area contributed by atoms with Gasteiger partial charge in [-0.2, -0.15) is 0 Å². The summed E-state index contributed by atoms with van der Waals surface area (Å²) in [5.74, 6) is -0.679. The fraction of sp³-hybridized carbons (Fsp3) is 0.533. The Hall–Kier alpha value is -1.37. The van der Waals surface area contributed by atoms with Crippen molar-refractivity contribution in [1.82, 2.24) is 0 Å². The van der Waals surface area contributed by atoms with Crippen LogP contribution in [0.15, 0.2) is 18.2 Å². The lowest BCUT2D eigenvalue weighted by atomic mass is 10.2. The molecule has 0 bridgehead atoms. The van der Waals surface area contributed by atoms with Crippen LogP contribution in [0.3, 0.4) is 0 Å². The second-order valence-electron chi connectivity index (χ2n) is 5.22. The maximum absolute atomic E-state index is 14.0. The van der Waals surface area contributed by atoms with Gasteiger partial charge in [-0.05, 0) is 37.8 Å². The summed E-state index contributed by atoms with van der Waals surface area (Å²) in [6.45, 7) is 0.108. The Labute approximate surface area is 135 Å². The third-order valence-electron chi connectivity index (χ3n) is 3.48. The van der Waals surface area contributed by atoms with Crippen molar-refractivity contribution in [2.24, 2.45) is 5.73 Å². The molecule has 0 spiro atoms. The normalized spacial score (nSPS) is 16.0. The van der Waals surface area contributed by atoms with Gasteiger partial charge in [-0.3, -0.25) is 4.79 Å². The van der Waals surface area contributed by atoms with E-state index in [2.05, 4.69) is 5.32 Å². The average molecular weight is 333 g/mol. The summed E-state index contributed by atoms with van der Waals surface area (Å²) in [5.41, 5.74) is 5.95. The van der Waals surface area contributed by atoms with Gasteiger partial charge in [0, 0.05) is 18.9 Å². The summed E-state index contributed by atoms with van der Waals surface area (Å²) in [6, 6.07) is 3.59. The van der Waals surface area contributed by atoms with Gasteiger partial charge in [-0.15, -0.1) is 12.4 Å². The van der Waals surface area contributed by atoms with Crippen LogP contribution in [-0.4, -0.2) is 31.8 Å². The van der Waals surface area contributed by atoms with Crippen molar-refractivity contribution in [3.63, 3.8) is 0 Å². The Kier molecular flexibility index (Phi) is 7.58. The molecule has 0 saturated heterocycles. The van der Waals surface area contributed by atoms with Crippen LogP contribution < -0.4 is 15.8 Å². The molecule has 1 atom stereocenters. The molecule has 1 amide bonds. The van der Waals surface area contributed by atoms with Gasteiger partial charge in [0.05, 0.1) is 12.7 Å². The van der Waals surface area contributed by atoms with Crippen molar-refractivity contribution < 1.29 is 18.7 Å². The van der Waals surface area contributed by atoms with Crippen molar-refractivity contribution in [2.75, 3.05) is 19.0 Å². The van der Waals surface area contributed by atoms with E-state index in [1.165, 1.54) is 19.2 Å². The third kappa shape index (κ3) is 5.12. The molecule has 0 radical (unpaired) electrons. The van der Waals surface area contributed by atoms with Crippen LogP contribution in [0.4, 0.5) is 10.1 Å². The molecule has 1 aromatic carbocycles. The van der Waals surface area contributed by atoms with E-state index < -0.39 is 17.8 Å². The topological polar surface area (TPSA) is 73.6 Å². The van der Waals surface area contributed by atoms with Gasteiger partial charge in [-0.1, -0.05) is 0 Å². The number of hydrogen-bond acceptors (Lipinski definition) is 4. The van der Waals surface area contributed by atoms with E-state index in [1.54, 1.807) is 6.07 Å². The van der Waals surface area contributed by atoms with E-state index >= 15 is 0 Å². The van der Waals surface area contributed by atoms with Gasteiger partial charge in [0.1, 0.15) is 6.04 Å². The van der Waals surface area contributed by atoms with E-state index in [0.29, 0.717) is 5.69 Å². The summed E-state index contributed by atoms with van der Waals surface area (Å²) in [7, 11) is 1.46. The largest absolute Gasteiger partial charge is 0.487 e. The van der Waals surface area contributed by atoms with Gasteiger partial charge < -0.3 is 20.5 Å². The number of methoxy groups -OCH3 is 1. The number of rotatable bonds is 6. The monoisotopic (exact) mass is 332 g/mol. The molecule has 1 saturated carbocycles. The lowest BCUT2D eigenvalue weighted by Crippen LogP contribution is -2.39. The van der Waals surface area contributed by atoms with Gasteiger partial charge in [0.15, 0.2) is 11.6 Å². The number of ether oxygens (including phenoxy) is 2. The van der Waals surface area contributed by atoms with Gasteiger partial charge in [-0.25, -0.2) is 4.39 Å². The zero-order valence-electron chi connectivity index (χ0n) is 12.5. The summed E-state index contributed by atoms with van der Waals surface area (Å²) >= 11 is 0. The highest BCUT2D eigenvalue weighted by Gasteiger charge is 2.19. The first-order valence-corrected chi connectivity index (χ1v) is 7.11. The Morgan fingerprint density at radius 1 is 1.45 bits per heavy atom. The van der Waals surface area contributed by atoms with Crippen molar-refractivity contribution in [3.8, 4) is 5.75 Å². The second kappa shape index (κ2) is 8.92. The number of benzene rings is 1. The molecule has 7 heteroatoms. The number of nitrogens with two attached hydrogens (primary N) is 1. The highest BCUT2D eigenvalue weighted by Crippen LogP contribution is 2.27. The third-order valence-corrected chi connectivity index (χ3v) is 3.48. The molecule has 5 nitrogen and oxygen atoms in total. The Bertz CT molecular complexity index is 496. The van der Waals surface area contributed by atoms with E-state index in [4.69, 9.17) is 15.2 Å². The van der Waals surface area contributed by atoms with Crippen LogP contribution in [0.5, 0.6) is 5.75 Å². The summed E-state index contributed by atoms with van der Waals surface area (Å²) in [5, 5.41) is 2.55. The second-order valence-corrected chi connectivity index (χ2v) is 5.22. The molecule has 1 unspecified atom stereocenters. The number of nitrogens with one attached hydrogen (secondary N) is 1. The smallest absolute Gasteiger partial charge is 0.243 e. The van der Waals surface area contributed by atoms with Crippen LogP contribution in [-0.2, 0) is 9.53 Å². The predicted octanol–water partition coefficient (Wildman–Crippen LogP) is 2.48. The Morgan fingerprint density at radius 2 is 2.14 bits per heavy atom. The first-order valence-electron chi connectivity index (χ1n) is 7.11. The summed E-state index contributed by atoms with van der Waals surface area (Å²) < 4.78 is 24.4. The molecular weight excluding hydrogens is 311 g/mol. The highest BCUT2D eigenvalue weighted by molar-refractivity contribution is 5.94. The molecule has 2 rings (SSSR count). The van der Waals surface area contributed by atoms with E-state index in [0.717, 1.165) is 25.7 Å². The zero-order valence-corrected chi connectivity index (χ0v) is 13.3. The molecule has 22 heavy (non-hydrogen) atoms. The van der Waals surface area contributed by atoms with Gasteiger partial charge >= 0.3 is 0 Å². The Balaban J connectivity index is 0.00000242. The van der Waals surface area contributed by atoms with Crippen LogP contribution in [0.1, 0.15) is 25.7 Å². The lowest BCUT2D eigenvalue weighted by Gasteiger charge is -2.15.